The number of amides is 2. The van der Waals surface area contributed by atoms with Crippen LogP contribution < -0.4 is 20.3 Å². The van der Waals surface area contributed by atoms with E-state index in [1.165, 1.54) is 0 Å². The van der Waals surface area contributed by atoms with Crippen molar-refractivity contribution < 1.29 is 13.2 Å². The standard InChI is InChI=1S/C23H28N4O3S/c1-27(2)21-12-6-11-20-19(21)10-7-13-22(20)31(29,30)26-17-16-25-23(28)24-15-14-18-8-4-3-5-9-18/h3-13,26H,14-17H2,1-2H3,(H2,24,25,28). The van der Waals surface area contributed by atoms with Gasteiger partial charge < -0.3 is 15.5 Å². The lowest BCUT2D eigenvalue weighted by Gasteiger charge is -2.17. The van der Waals surface area contributed by atoms with Crippen molar-refractivity contribution in [2.24, 2.45) is 0 Å². The summed E-state index contributed by atoms with van der Waals surface area (Å²) in [4.78, 5) is 14.1. The van der Waals surface area contributed by atoms with Crippen LogP contribution in [0.5, 0.6) is 0 Å². The van der Waals surface area contributed by atoms with Crippen LogP contribution in [-0.2, 0) is 16.4 Å². The van der Waals surface area contributed by atoms with Crippen molar-refractivity contribution in [1.82, 2.24) is 15.4 Å². The zero-order valence-corrected chi connectivity index (χ0v) is 18.6. The van der Waals surface area contributed by atoms with Crippen molar-refractivity contribution in [3.63, 3.8) is 0 Å². The van der Waals surface area contributed by atoms with Crippen molar-refractivity contribution in [1.29, 1.82) is 0 Å². The highest BCUT2D eigenvalue weighted by Gasteiger charge is 2.18. The van der Waals surface area contributed by atoms with E-state index in [0.29, 0.717) is 11.9 Å². The number of fused-ring (bicyclic) bond motifs is 1. The maximum Gasteiger partial charge on any atom is 0.314 e. The molecule has 0 radical (unpaired) electrons. The Bertz CT molecular complexity index is 1130. The quantitative estimate of drug-likeness (QED) is 0.446. The first kappa shape index (κ1) is 22.6. The van der Waals surface area contributed by atoms with Gasteiger partial charge in [0.05, 0.1) is 4.90 Å². The molecule has 0 atom stereocenters. The average Bonchev–Trinajstić information content (AvgIpc) is 2.76. The van der Waals surface area contributed by atoms with E-state index in [1.54, 1.807) is 18.2 Å². The summed E-state index contributed by atoms with van der Waals surface area (Å²) in [5.74, 6) is 0. The third-order valence-corrected chi connectivity index (χ3v) is 6.39. The highest BCUT2D eigenvalue weighted by Crippen LogP contribution is 2.29. The van der Waals surface area contributed by atoms with Crippen LogP contribution in [-0.4, -0.2) is 48.2 Å². The minimum absolute atomic E-state index is 0.0954. The van der Waals surface area contributed by atoms with Gasteiger partial charge in [0.1, 0.15) is 0 Å². The number of carbonyl (C=O) groups excluding carboxylic acids is 1. The number of hydrogen-bond donors (Lipinski definition) is 3. The maximum atomic E-state index is 12.8. The third-order valence-electron chi connectivity index (χ3n) is 4.88. The van der Waals surface area contributed by atoms with Crippen LogP contribution in [0, 0.1) is 0 Å². The predicted octanol–water partition coefficient (Wildman–Crippen LogP) is 2.73. The fourth-order valence-electron chi connectivity index (χ4n) is 3.36. The first-order chi connectivity index (χ1) is 14.9. The van der Waals surface area contributed by atoms with E-state index >= 15 is 0 Å². The molecule has 0 aromatic heterocycles. The largest absolute Gasteiger partial charge is 0.377 e. The molecule has 0 fully saturated rings. The molecule has 0 unspecified atom stereocenters. The second kappa shape index (κ2) is 10.3. The summed E-state index contributed by atoms with van der Waals surface area (Å²) >= 11 is 0. The number of hydrogen-bond acceptors (Lipinski definition) is 4. The van der Waals surface area contributed by atoms with E-state index in [1.807, 2.05) is 67.5 Å². The third kappa shape index (κ3) is 5.96. The minimum atomic E-state index is -3.72. The summed E-state index contributed by atoms with van der Waals surface area (Å²) < 4.78 is 28.3. The van der Waals surface area contributed by atoms with Gasteiger partial charge in [0.2, 0.25) is 10.0 Å². The van der Waals surface area contributed by atoms with E-state index in [2.05, 4.69) is 15.4 Å². The van der Waals surface area contributed by atoms with Crippen molar-refractivity contribution in [3.05, 3.63) is 72.3 Å². The van der Waals surface area contributed by atoms with Gasteiger partial charge in [-0.05, 0) is 24.1 Å². The van der Waals surface area contributed by atoms with E-state index in [9.17, 15) is 13.2 Å². The molecule has 8 heteroatoms. The summed E-state index contributed by atoms with van der Waals surface area (Å²) in [5, 5.41) is 6.97. The lowest BCUT2D eigenvalue weighted by molar-refractivity contribution is 0.241. The Hall–Kier alpha value is -3.10. The summed E-state index contributed by atoms with van der Waals surface area (Å²) in [7, 11) is 0.122. The average molecular weight is 441 g/mol. The molecule has 0 aliphatic rings. The molecule has 0 saturated carbocycles. The van der Waals surface area contributed by atoms with Gasteiger partial charge in [0, 0.05) is 50.2 Å². The molecular formula is C23H28N4O3S. The van der Waals surface area contributed by atoms with Gasteiger partial charge in [-0.1, -0.05) is 54.6 Å². The van der Waals surface area contributed by atoms with Crippen LogP contribution in [0.15, 0.2) is 71.6 Å². The summed E-state index contributed by atoms with van der Waals surface area (Å²) in [5.41, 5.74) is 2.09. The molecule has 0 bridgehead atoms. The Morgan fingerprint density at radius 3 is 2.23 bits per heavy atom. The normalized spacial score (nSPS) is 11.3. The van der Waals surface area contributed by atoms with Crippen molar-refractivity contribution in [2.75, 3.05) is 38.6 Å². The molecule has 0 aliphatic carbocycles. The van der Waals surface area contributed by atoms with Crippen molar-refractivity contribution >= 4 is 32.5 Å². The number of rotatable bonds is 9. The summed E-state index contributed by atoms with van der Waals surface area (Å²) in [6.45, 7) is 0.786. The van der Waals surface area contributed by atoms with Gasteiger partial charge in [0.25, 0.3) is 0 Å². The maximum absolute atomic E-state index is 12.8. The molecular weight excluding hydrogens is 412 g/mol. The summed E-state index contributed by atoms with van der Waals surface area (Å²) in [6, 6.07) is 20.4. The highest BCUT2D eigenvalue weighted by molar-refractivity contribution is 7.89. The highest BCUT2D eigenvalue weighted by atomic mass is 32.2. The Kier molecular flexibility index (Phi) is 7.49. The molecule has 0 saturated heterocycles. The molecule has 7 nitrogen and oxygen atoms in total. The second-order valence-electron chi connectivity index (χ2n) is 7.34. The fraction of sp³-hybridized carbons (Fsp3) is 0.261. The number of benzene rings is 3. The second-order valence-corrected chi connectivity index (χ2v) is 9.07. The van der Waals surface area contributed by atoms with Gasteiger partial charge in [-0.2, -0.15) is 0 Å². The summed E-state index contributed by atoms with van der Waals surface area (Å²) in [6.07, 6.45) is 0.733. The fourth-order valence-corrected chi connectivity index (χ4v) is 4.61. The number of sulfonamides is 1. The van der Waals surface area contributed by atoms with Crippen molar-refractivity contribution in [3.8, 4) is 0 Å². The van der Waals surface area contributed by atoms with Crippen molar-refractivity contribution in [2.45, 2.75) is 11.3 Å². The molecule has 3 aromatic carbocycles. The number of nitrogens with zero attached hydrogens (tertiary/aromatic N) is 1. The molecule has 3 aromatic rings. The van der Waals surface area contributed by atoms with Crippen LogP contribution in [0.3, 0.4) is 0 Å². The van der Waals surface area contributed by atoms with E-state index in [4.69, 9.17) is 0 Å². The Morgan fingerprint density at radius 2 is 1.48 bits per heavy atom. The Morgan fingerprint density at radius 1 is 0.806 bits per heavy atom. The topological polar surface area (TPSA) is 90.5 Å². The first-order valence-corrected chi connectivity index (χ1v) is 11.6. The smallest absolute Gasteiger partial charge is 0.314 e. The van der Waals surface area contributed by atoms with Crippen LogP contribution in [0.25, 0.3) is 10.8 Å². The SMILES string of the molecule is CN(C)c1cccc2c(S(=O)(=O)NCCNC(=O)NCCc3ccccc3)cccc12. The molecule has 0 aliphatic heterocycles. The molecule has 31 heavy (non-hydrogen) atoms. The Labute approximate surface area is 183 Å². The number of anilines is 1. The first-order valence-electron chi connectivity index (χ1n) is 10.1. The predicted molar refractivity (Wildman–Crippen MR) is 125 cm³/mol. The molecule has 2 amide bonds. The van der Waals surface area contributed by atoms with Gasteiger partial charge >= 0.3 is 6.03 Å². The van der Waals surface area contributed by atoms with Crippen LogP contribution in [0.1, 0.15) is 5.56 Å². The molecule has 3 N–H and O–H groups in total. The van der Waals surface area contributed by atoms with Gasteiger partial charge in [-0.3, -0.25) is 0 Å². The number of nitrogens with one attached hydrogen (secondary N) is 3. The van der Waals surface area contributed by atoms with E-state index in [0.717, 1.165) is 23.1 Å². The zero-order valence-electron chi connectivity index (χ0n) is 17.8. The molecule has 0 heterocycles. The van der Waals surface area contributed by atoms with Crippen LogP contribution >= 0.6 is 0 Å². The minimum Gasteiger partial charge on any atom is -0.377 e. The van der Waals surface area contributed by atoms with Crippen LogP contribution in [0.2, 0.25) is 0 Å². The zero-order chi connectivity index (χ0) is 22.3. The van der Waals surface area contributed by atoms with Gasteiger partial charge in [0.15, 0.2) is 0 Å². The lowest BCUT2D eigenvalue weighted by atomic mass is 10.1. The molecule has 164 valence electrons. The molecule has 3 rings (SSSR count). The monoisotopic (exact) mass is 440 g/mol. The lowest BCUT2D eigenvalue weighted by Crippen LogP contribution is -2.40. The molecule has 0 spiro atoms. The Balaban J connectivity index is 1.52. The van der Waals surface area contributed by atoms with Gasteiger partial charge in [-0.15, -0.1) is 0 Å². The van der Waals surface area contributed by atoms with Gasteiger partial charge in [-0.25, -0.2) is 17.9 Å². The van der Waals surface area contributed by atoms with E-state index < -0.39 is 10.0 Å². The number of urea groups is 1. The number of carbonyl (C=O) groups is 1. The van der Waals surface area contributed by atoms with Crippen LogP contribution in [0.4, 0.5) is 10.5 Å². The van der Waals surface area contributed by atoms with E-state index in [-0.39, 0.29) is 24.0 Å².